The smallest absolute Gasteiger partial charge is 0.156 e. The fraction of sp³-hybridized carbons (Fsp3) is 0.250. The Balaban J connectivity index is 2.54. The molecule has 0 spiro atoms. The molecule has 0 fully saturated rings. The molecule has 0 amide bonds. The standard InChI is InChI=1S/C12H15NO3S/c1-17(15,16)9-8-12(14)7-4-10-2-5-11(13)6-3-10/h2-7H,8-9,13H2,1H3/b7-4+. The number of nitrogen functional groups attached to an aromatic ring is 1. The lowest BCUT2D eigenvalue weighted by molar-refractivity contribution is -0.114. The van der Waals surface area contributed by atoms with Crippen LogP contribution in [0.25, 0.3) is 6.08 Å². The Labute approximate surface area is 101 Å². The molecule has 0 aliphatic rings. The van der Waals surface area contributed by atoms with E-state index in [4.69, 9.17) is 5.73 Å². The minimum Gasteiger partial charge on any atom is -0.399 e. The van der Waals surface area contributed by atoms with E-state index in [-0.39, 0.29) is 18.0 Å². The molecule has 0 bridgehead atoms. The Hall–Kier alpha value is -1.62. The number of carbonyl (C=O) groups is 1. The van der Waals surface area contributed by atoms with Gasteiger partial charge in [-0.05, 0) is 23.8 Å². The first-order chi connectivity index (χ1) is 7.87. The van der Waals surface area contributed by atoms with E-state index in [1.165, 1.54) is 6.08 Å². The first-order valence-electron chi connectivity index (χ1n) is 5.11. The summed E-state index contributed by atoms with van der Waals surface area (Å²) in [6, 6.07) is 7.05. The maximum absolute atomic E-state index is 11.4. The van der Waals surface area contributed by atoms with Crippen molar-refractivity contribution in [2.45, 2.75) is 6.42 Å². The molecule has 1 aromatic rings. The molecule has 0 aromatic heterocycles. The van der Waals surface area contributed by atoms with Crippen molar-refractivity contribution >= 4 is 27.4 Å². The number of sulfone groups is 1. The summed E-state index contributed by atoms with van der Waals surface area (Å²) in [5.41, 5.74) is 7.03. The van der Waals surface area contributed by atoms with Crippen molar-refractivity contribution in [1.82, 2.24) is 0 Å². The van der Waals surface area contributed by atoms with Crippen LogP contribution in [0.15, 0.2) is 30.3 Å². The molecule has 1 rings (SSSR count). The topological polar surface area (TPSA) is 77.2 Å². The molecular formula is C12H15NO3S. The molecule has 0 saturated carbocycles. The van der Waals surface area contributed by atoms with E-state index in [2.05, 4.69) is 0 Å². The third-order valence-corrected chi connectivity index (χ3v) is 3.06. The number of nitrogens with two attached hydrogens (primary N) is 1. The van der Waals surface area contributed by atoms with E-state index < -0.39 is 9.84 Å². The van der Waals surface area contributed by atoms with Gasteiger partial charge in [0.15, 0.2) is 5.78 Å². The van der Waals surface area contributed by atoms with Crippen LogP contribution in [-0.2, 0) is 14.6 Å². The van der Waals surface area contributed by atoms with Gasteiger partial charge in [-0.2, -0.15) is 0 Å². The van der Waals surface area contributed by atoms with Gasteiger partial charge in [0.25, 0.3) is 0 Å². The Morgan fingerprint density at radius 3 is 2.41 bits per heavy atom. The van der Waals surface area contributed by atoms with Gasteiger partial charge < -0.3 is 5.73 Å². The Kier molecular flexibility index (Phi) is 4.45. The highest BCUT2D eigenvalue weighted by atomic mass is 32.2. The van der Waals surface area contributed by atoms with Gasteiger partial charge in [-0.25, -0.2) is 8.42 Å². The lowest BCUT2D eigenvalue weighted by atomic mass is 10.1. The lowest BCUT2D eigenvalue weighted by Gasteiger charge is -1.96. The normalized spacial score (nSPS) is 11.8. The number of rotatable bonds is 5. The molecule has 0 aliphatic carbocycles. The van der Waals surface area contributed by atoms with E-state index in [1.54, 1.807) is 30.3 Å². The van der Waals surface area contributed by atoms with Crippen LogP contribution in [0.2, 0.25) is 0 Å². The SMILES string of the molecule is CS(=O)(=O)CCC(=O)/C=C/c1ccc(N)cc1. The molecule has 4 nitrogen and oxygen atoms in total. The van der Waals surface area contributed by atoms with Crippen molar-refractivity contribution < 1.29 is 13.2 Å². The summed E-state index contributed by atoms with van der Waals surface area (Å²) >= 11 is 0. The average molecular weight is 253 g/mol. The molecule has 0 aliphatic heterocycles. The highest BCUT2D eigenvalue weighted by molar-refractivity contribution is 7.90. The number of benzene rings is 1. The fourth-order valence-electron chi connectivity index (χ4n) is 1.17. The van der Waals surface area contributed by atoms with Crippen LogP contribution in [0.5, 0.6) is 0 Å². The van der Waals surface area contributed by atoms with Crippen molar-refractivity contribution in [3.63, 3.8) is 0 Å². The second-order valence-corrected chi connectivity index (χ2v) is 6.11. The van der Waals surface area contributed by atoms with Crippen molar-refractivity contribution in [3.8, 4) is 0 Å². The number of hydrogen-bond acceptors (Lipinski definition) is 4. The molecule has 1 aromatic carbocycles. The molecule has 0 atom stereocenters. The van der Waals surface area contributed by atoms with E-state index in [9.17, 15) is 13.2 Å². The molecule has 0 heterocycles. The van der Waals surface area contributed by atoms with Crippen molar-refractivity contribution in [2.75, 3.05) is 17.7 Å². The van der Waals surface area contributed by atoms with E-state index >= 15 is 0 Å². The number of ketones is 1. The van der Waals surface area contributed by atoms with Gasteiger partial charge in [0.05, 0.1) is 5.75 Å². The van der Waals surface area contributed by atoms with Crippen LogP contribution >= 0.6 is 0 Å². The van der Waals surface area contributed by atoms with E-state index in [0.717, 1.165) is 11.8 Å². The minimum atomic E-state index is -3.08. The maximum Gasteiger partial charge on any atom is 0.156 e. The second-order valence-electron chi connectivity index (χ2n) is 3.85. The number of anilines is 1. The van der Waals surface area contributed by atoms with Gasteiger partial charge in [-0.3, -0.25) is 4.79 Å². The molecule has 2 N–H and O–H groups in total. The first kappa shape index (κ1) is 13.4. The Morgan fingerprint density at radius 1 is 1.29 bits per heavy atom. The van der Waals surface area contributed by atoms with Crippen LogP contribution in [0, 0.1) is 0 Å². The molecular weight excluding hydrogens is 238 g/mol. The van der Waals surface area contributed by atoms with Gasteiger partial charge in [0.1, 0.15) is 9.84 Å². The number of carbonyl (C=O) groups excluding carboxylic acids is 1. The molecule has 0 unspecified atom stereocenters. The molecule has 5 heteroatoms. The zero-order valence-corrected chi connectivity index (χ0v) is 10.4. The highest BCUT2D eigenvalue weighted by Gasteiger charge is 2.05. The van der Waals surface area contributed by atoms with Gasteiger partial charge in [-0.1, -0.05) is 18.2 Å². The zero-order valence-electron chi connectivity index (χ0n) is 9.59. The molecule has 17 heavy (non-hydrogen) atoms. The predicted octanol–water partition coefficient (Wildman–Crippen LogP) is 1.29. The van der Waals surface area contributed by atoms with E-state index in [1.807, 2.05) is 0 Å². The molecule has 92 valence electrons. The van der Waals surface area contributed by atoms with E-state index in [0.29, 0.717) is 5.69 Å². The Bertz CT molecular complexity index is 515. The van der Waals surface area contributed by atoms with Gasteiger partial charge in [0, 0.05) is 18.4 Å². The largest absolute Gasteiger partial charge is 0.399 e. The van der Waals surface area contributed by atoms with Gasteiger partial charge >= 0.3 is 0 Å². The summed E-state index contributed by atoms with van der Waals surface area (Å²) in [6.07, 6.45) is 4.16. The maximum atomic E-state index is 11.4. The van der Waals surface area contributed by atoms with Crippen LogP contribution < -0.4 is 5.73 Å². The third-order valence-electron chi connectivity index (χ3n) is 2.12. The van der Waals surface area contributed by atoms with Gasteiger partial charge in [-0.15, -0.1) is 0 Å². The molecule has 0 radical (unpaired) electrons. The van der Waals surface area contributed by atoms with Crippen molar-refractivity contribution in [2.24, 2.45) is 0 Å². The minimum absolute atomic E-state index is 0.0182. The summed E-state index contributed by atoms with van der Waals surface area (Å²) in [6.45, 7) is 0. The zero-order chi connectivity index (χ0) is 12.9. The quantitative estimate of drug-likeness (QED) is 0.633. The molecule has 0 saturated heterocycles. The lowest BCUT2D eigenvalue weighted by Crippen LogP contribution is -2.07. The highest BCUT2D eigenvalue weighted by Crippen LogP contribution is 2.07. The van der Waals surface area contributed by atoms with Crippen molar-refractivity contribution in [3.05, 3.63) is 35.9 Å². The summed E-state index contributed by atoms with van der Waals surface area (Å²) in [7, 11) is -3.08. The fourth-order valence-corrected chi connectivity index (χ4v) is 1.74. The summed E-state index contributed by atoms with van der Waals surface area (Å²) in [5.74, 6) is -0.315. The third kappa shape index (κ3) is 5.87. The second kappa shape index (κ2) is 5.63. The van der Waals surface area contributed by atoms with Crippen LogP contribution in [0.1, 0.15) is 12.0 Å². The van der Waals surface area contributed by atoms with Crippen molar-refractivity contribution in [1.29, 1.82) is 0 Å². The number of hydrogen-bond donors (Lipinski definition) is 1. The van der Waals surface area contributed by atoms with Gasteiger partial charge in [0.2, 0.25) is 0 Å². The summed E-state index contributed by atoms with van der Waals surface area (Å²) in [4.78, 5) is 11.4. The predicted molar refractivity (Wildman–Crippen MR) is 69.2 cm³/mol. The van der Waals surface area contributed by atoms with Crippen LogP contribution in [0.4, 0.5) is 5.69 Å². The van der Waals surface area contributed by atoms with Crippen LogP contribution in [-0.4, -0.2) is 26.2 Å². The number of allylic oxidation sites excluding steroid dienone is 1. The monoisotopic (exact) mass is 253 g/mol. The summed E-state index contributed by atoms with van der Waals surface area (Å²) in [5, 5.41) is 0. The Morgan fingerprint density at radius 2 is 1.88 bits per heavy atom. The summed E-state index contributed by atoms with van der Waals surface area (Å²) < 4.78 is 21.7. The average Bonchev–Trinajstić information content (AvgIpc) is 2.25. The van der Waals surface area contributed by atoms with Crippen LogP contribution in [0.3, 0.4) is 0 Å². The first-order valence-corrected chi connectivity index (χ1v) is 7.17.